The van der Waals surface area contributed by atoms with Crippen LogP contribution in [0.25, 0.3) is 10.9 Å². The molecular weight excluding hydrogens is 240 g/mol. The smallest absolute Gasteiger partial charge is 0.231 e. The molecule has 0 radical (unpaired) electrons. The SMILES string of the molecule is Cc1[nH]c2cc3c(cc2c1CCNC(C)C)OCO3. The van der Waals surface area contributed by atoms with Crippen LogP contribution in [0.1, 0.15) is 25.1 Å². The van der Waals surface area contributed by atoms with Gasteiger partial charge in [-0.25, -0.2) is 0 Å². The van der Waals surface area contributed by atoms with E-state index in [0.717, 1.165) is 30.0 Å². The lowest BCUT2D eigenvalue weighted by molar-refractivity contribution is 0.174. The predicted molar refractivity (Wildman–Crippen MR) is 76.0 cm³/mol. The van der Waals surface area contributed by atoms with Crippen molar-refractivity contribution in [3.63, 3.8) is 0 Å². The monoisotopic (exact) mass is 260 g/mol. The van der Waals surface area contributed by atoms with E-state index in [2.05, 4.69) is 37.1 Å². The minimum absolute atomic E-state index is 0.325. The summed E-state index contributed by atoms with van der Waals surface area (Å²) in [7, 11) is 0. The molecular formula is C15H20N2O2. The van der Waals surface area contributed by atoms with Crippen molar-refractivity contribution in [3.05, 3.63) is 23.4 Å². The van der Waals surface area contributed by atoms with Crippen molar-refractivity contribution >= 4 is 10.9 Å². The lowest BCUT2D eigenvalue weighted by Crippen LogP contribution is -2.25. The lowest BCUT2D eigenvalue weighted by atomic mass is 10.1. The van der Waals surface area contributed by atoms with E-state index in [0.29, 0.717) is 12.8 Å². The maximum atomic E-state index is 5.46. The number of benzene rings is 1. The summed E-state index contributed by atoms with van der Waals surface area (Å²) in [6.07, 6.45) is 1.02. The molecule has 0 amide bonds. The van der Waals surface area contributed by atoms with Crippen LogP contribution in [0.4, 0.5) is 0 Å². The molecule has 0 saturated carbocycles. The van der Waals surface area contributed by atoms with Crippen molar-refractivity contribution in [1.82, 2.24) is 10.3 Å². The third-order valence-corrected chi connectivity index (χ3v) is 3.54. The van der Waals surface area contributed by atoms with Crippen molar-refractivity contribution in [2.24, 2.45) is 0 Å². The molecule has 2 N–H and O–H groups in total. The van der Waals surface area contributed by atoms with Crippen LogP contribution in [0.15, 0.2) is 12.1 Å². The van der Waals surface area contributed by atoms with Crippen molar-refractivity contribution in [2.45, 2.75) is 33.2 Å². The van der Waals surface area contributed by atoms with Crippen LogP contribution in [0.2, 0.25) is 0 Å². The van der Waals surface area contributed by atoms with Gasteiger partial charge in [-0.1, -0.05) is 13.8 Å². The van der Waals surface area contributed by atoms with E-state index in [4.69, 9.17) is 9.47 Å². The highest BCUT2D eigenvalue weighted by Gasteiger charge is 2.17. The molecule has 2 heterocycles. The Hall–Kier alpha value is -1.68. The Balaban J connectivity index is 1.92. The summed E-state index contributed by atoms with van der Waals surface area (Å²) in [5, 5.41) is 4.70. The number of nitrogens with one attached hydrogen (secondary N) is 2. The van der Waals surface area contributed by atoms with Gasteiger partial charge < -0.3 is 19.8 Å². The number of aryl methyl sites for hydroxylation is 1. The summed E-state index contributed by atoms with van der Waals surface area (Å²) in [5.41, 5.74) is 3.71. The van der Waals surface area contributed by atoms with E-state index in [9.17, 15) is 0 Å². The first-order valence-corrected chi connectivity index (χ1v) is 6.79. The van der Waals surface area contributed by atoms with Crippen LogP contribution < -0.4 is 14.8 Å². The van der Waals surface area contributed by atoms with Gasteiger partial charge in [-0.15, -0.1) is 0 Å². The molecule has 0 saturated heterocycles. The van der Waals surface area contributed by atoms with Crippen LogP contribution in [0, 0.1) is 6.92 Å². The van der Waals surface area contributed by atoms with Crippen LogP contribution in [0.5, 0.6) is 11.5 Å². The van der Waals surface area contributed by atoms with Crippen LogP contribution >= 0.6 is 0 Å². The highest BCUT2D eigenvalue weighted by atomic mass is 16.7. The van der Waals surface area contributed by atoms with Crippen LogP contribution in [-0.4, -0.2) is 24.4 Å². The fourth-order valence-electron chi connectivity index (χ4n) is 2.58. The predicted octanol–water partition coefficient (Wildman–Crippen LogP) is 2.75. The van der Waals surface area contributed by atoms with Gasteiger partial charge in [0.15, 0.2) is 11.5 Å². The molecule has 1 aliphatic heterocycles. The van der Waals surface area contributed by atoms with E-state index < -0.39 is 0 Å². The van der Waals surface area contributed by atoms with Crippen molar-refractivity contribution in [1.29, 1.82) is 0 Å². The zero-order chi connectivity index (χ0) is 13.4. The van der Waals surface area contributed by atoms with Crippen LogP contribution in [0.3, 0.4) is 0 Å². The number of ether oxygens (including phenoxy) is 2. The molecule has 0 atom stereocenters. The third-order valence-electron chi connectivity index (χ3n) is 3.54. The van der Waals surface area contributed by atoms with E-state index in [1.807, 2.05) is 6.07 Å². The lowest BCUT2D eigenvalue weighted by Gasteiger charge is -2.08. The van der Waals surface area contributed by atoms with Crippen molar-refractivity contribution in [3.8, 4) is 11.5 Å². The Morgan fingerprint density at radius 3 is 2.74 bits per heavy atom. The van der Waals surface area contributed by atoms with Gasteiger partial charge in [-0.05, 0) is 31.5 Å². The number of hydrogen-bond acceptors (Lipinski definition) is 3. The molecule has 4 heteroatoms. The summed E-state index contributed by atoms with van der Waals surface area (Å²) < 4.78 is 10.9. The summed E-state index contributed by atoms with van der Waals surface area (Å²) in [6, 6.07) is 4.64. The highest BCUT2D eigenvalue weighted by molar-refractivity contribution is 5.88. The zero-order valence-corrected chi connectivity index (χ0v) is 11.7. The molecule has 0 aliphatic carbocycles. The quantitative estimate of drug-likeness (QED) is 0.888. The number of hydrogen-bond donors (Lipinski definition) is 2. The van der Waals surface area contributed by atoms with Gasteiger partial charge >= 0.3 is 0 Å². The number of aromatic nitrogens is 1. The normalized spacial score (nSPS) is 13.7. The maximum Gasteiger partial charge on any atom is 0.231 e. The van der Waals surface area contributed by atoms with Gasteiger partial charge in [0.05, 0.1) is 0 Å². The second-order valence-corrected chi connectivity index (χ2v) is 5.34. The van der Waals surface area contributed by atoms with Gasteiger partial charge in [0.25, 0.3) is 0 Å². The molecule has 0 bridgehead atoms. The van der Waals surface area contributed by atoms with Crippen LogP contribution in [-0.2, 0) is 6.42 Å². The van der Waals surface area contributed by atoms with Crippen molar-refractivity contribution < 1.29 is 9.47 Å². The number of aromatic amines is 1. The highest BCUT2D eigenvalue weighted by Crippen LogP contribution is 2.37. The molecule has 1 aromatic carbocycles. The second kappa shape index (κ2) is 4.78. The van der Waals surface area contributed by atoms with Gasteiger partial charge in [0.1, 0.15) is 0 Å². The molecule has 1 aliphatic rings. The van der Waals surface area contributed by atoms with Gasteiger partial charge in [-0.2, -0.15) is 0 Å². The molecule has 3 rings (SSSR count). The zero-order valence-electron chi connectivity index (χ0n) is 11.7. The minimum Gasteiger partial charge on any atom is -0.454 e. The molecule has 0 spiro atoms. The molecule has 4 nitrogen and oxygen atoms in total. The van der Waals surface area contributed by atoms with E-state index in [1.165, 1.54) is 16.6 Å². The summed E-state index contributed by atoms with van der Waals surface area (Å²) in [5.74, 6) is 1.69. The van der Waals surface area contributed by atoms with E-state index >= 15 is 0 Å². The summed E-state index contributed by atoms with van der Waals surface area (Å²) in [4.78, 5) is 3.43. The molecule has 0 unspecified atom stereocenters. The first-order chi connectivity index (χ1) is 9.15. The molecule has 2 aromatic rings. The first kappa shape index (κ1) is 12.4. The number of fused-ring (bicyclic) bond motifs is 2. The Morgan fingerprint density at radius 1 is 1.26 bits per heavy atom. The van der Waals surface area contributed by atoms with Gasteiger partial charge in [-0.3, -0.25) is 0 Å². The maximum absolute atomic E-state index is 5.46. The first-order valence-electron chi connectivity index (χ1n) is 6.79. The molecule has 0 fully saturated rings. The molecule has 19 heavy (non-hydrogen) atoms. The summed E-state index contributed by atoms with van der Waals surface area (Å²) >= 11 is 0. The fourth-order valence-corrected chi connectivity index (χ4v) is 2.58. The molecule has 102 valence electrons. The van der Waals surface area contributed by atoms with E-state index in [1.54, 1.807) is 0 Å². The average molecular weight is 260 g/mol. The average Bonchev–Trinajstić information content (AvgIpc) is 2.91. The van der Waals surface area contributed by atoms with Gasteiger partial charge in [0, 0.05) is 28.7 Å². The summed E-state index contributed by atoms with van der Waals surface area (Å²) in [6.45, 7) is 7.77. The molecule has 1 aromatic heterocycles. The Morgan fingerprint density at radius 2 is 2.00 bits per heavy atom. The standard InChI is InChI=1S/C15H20N2O2/c1-9(2)16-5-4-11-10(3)17-13-7-15-14(6-12(11)13)18-8-19-15/h6-7,9,16-17H,4-5,8H2,1-3H3. The number of rotatable bonds is 4. The topological polar surface area (TPSA) is 46.3 Å². The van der Waals surface area contributed by atoms with Crippen molar-refractivity contribution in [2.75, 3.05) is 13.3 Å². The Labute approximate surface area is 113 Å². The number of H-pyrrole nitrogens is 1. The third kappa shape index (κ3) is 2.28. The fraction of sp³-hybridized carbons (Fsp3) is 0.467. The minimum atomic E-state index is 0.325. The second-order valence-electron chi connectivity index (χ2n) is 5.34. The Kier molecular flexibility index (Phi) is 3.11. The largest absolute Gasteiger partial charge is 0.454 e. The Bertz CT molecular complexity index is 602. The van der Waals surface area contributed by atoms with E-state index in [-0.39, 0.29) is 0 Å². The van der Waals surface area contributed by atoms with Gasteiger partial charge in [0.2, 0.25) is 6.79 Å².